The standard InChI is InChI=1S/C19H25BrN6/c1-13-23-17-16(7-4-10-26(17)25-13)24-18(21-2)22-12-19(8-9-19)14-5-3-6-15(20)11-14/h3,5-6,11,16H,4,7-10,12H2,1-2H3,(H2,21,22,24). The average molecular weight is 417 g/mol. The van der Waals surface area contributed by atoms with Crippen molar-refractivity contribution in [2.75, 3.05) is 13.6 Å². The summed E-state index contributed by atoms with van der Waals surface area (Å²) in [5, 5.41) is 11.6. The van der Waals surface area contributed by atoms with E-state index in [2.05, 4.69) is 65.9 Å². The molecule has 1 saturated carbocycles. The lowest BCUT2D eigenvalue weighted by Crippen LogP contribution is -2.44. The Balaban J connectivity index is 1.42. The second-order valence-electron chi connectivity index (χ2n) is 7.30. The van der Waals surface area contributed by atoms with Gasteiger partial charge in [0.05, 0.1) is 6.04 Å². The van der Waals surface area contributed by atoms with Gasteiger partial charge in [-0.3, -0.25) is 4.99 Å². The summed E-state index contributed by atoms with van der Waals surface area (Å²) in [5.74, 6) is 2.69. The fourth-order valence-electron chi connectivity index (χ4n) is 3.75. The number of guanidine groups is 1. The van der Waals surface area contributed by atoms with Gasteiger partial charge in [-0.05, 0) is 50.3 Å². The van der Waals surface area contributed by atoms with Crippen LogP contribution in [0.5, 0.6) is 0 Å². The van der Waals surface area contributed by atoms with E-state index in [0.29, 0.717) is 0 Å². The number of nitrogens with zero attached hydrogens (tertiary/aromatic N) is 4. The first kappa shape index (κ1) is 17.5. The SMILES string of the molecule is CN=C(NCC1(c2cccc(Br)c2)CC1)NC1CCCn2nc(C)nc21. The number of aryl methyl sites for hydroxylation is 2. The lowest BCUT2D eigenvalue weighted by Gasteiger charge is -2.26. The molecule has 1 aliphatic carbocycles. The van der Waals surface area contributed by atoms with Crippen molar-refractivity contribution in [2.45, 2.75) is 50.6 Å². The van der Waals surface area contributed by atoms with E-state index in [4.69, 9.17) is 0 Å². The van der Waals surface area contributed by atoms with Gasteiger partial charge in [-0.25, -0.2) is 9.67 Å². The van der Waals surface area contributed by atoms with Crippen molar-refractivity contribution in [3.8, 4) is 0 Å². The van der Waals surface area contributed by atoms with Gasteiger partial charge in [0.2, 0.25) is 0 Å². The van der Waals surface area contributed by atoms with Crippen molar-refractivity contribution in [1.82, 2.24) is 25.4 Å². The highest BCUT2D eigenvalue weighted by atomic mass is 79.9. The van der Waals surface area contributed by atoms with E-state index in [1.807, 2.05) is 18.7 Å². The second-order valence-corrected chi connectivity index (χ2v) is 8.21. The van der Waals surface area contributed by atoms with Gasteiger partial charge in [-0.15, -0.1) is 0 Å². The molecule has 2 N–H and O–H groups in total. The zero-order valence-corrected chi connectivity index (χ0v) is 16.9. The third-order valence-electron chi connectivity index (χ3n) is 5.40. The van der Waals surface area contributed by atoms with Gasteiger partial charge in [0, 0.05) is 30.0 Å². The van der Waals surface area contributed by atoms with Crippen LogP contribution >= 0.6 is 15.9 Å². The van der Waals surface area contributed by atoms with Gasteiger partial charge < -0.3 is 10.6 Å². The van der Waals surface area contributed by atoms with Crippen molar-refractivity contribution in [3.63, 3.8) is 0 Å². The normalized spacial score (nSPS) is 21.2. The number of aliphatic imine (C=N–C) groups is 1. The minimum Gasteiger partial charge on any atom is -0.356 e. The van der Waals surface area contributed by atoms with E-state index in [1.165, 1.54) is 18.4 Å². The summed E-state index contributed by atoms with van der Waals surface area (Å²) in [6.07, 6.45) is 4.58. The third-order valence-corrected chi connectivity index (χ3v) is 5.89. The summed E-state index contributed by atoms with van der Waals surface area (Å²) >= 11 is 3.59. The fraction of sp³-hybridized carbons (Fsp3) is 0.526. The molecular weight excluding hydrogens is 392 g/mol. The molecule has 0 saturated heterocycles. The number of aromatic nitrogens is 3. The molecule has 2 aromatic rings. The molecular formula is C19H25BrN6. The van der Waals surface area contributed by atoms with Gasteiger partial charge in [0.25, 0.3) is 0 Å². The Morgan fingerprint density at radius 3 is 3.00 bits per heavy atom. The summed E-state index contributed by atoms with van der Waals surface area (Å²) in [4.78, 5) is 9.03. The highest BCUT2D eigenvalue weighted by molar-refractivity contribution is 9.10. The first-order chi connectivity index (χ1) is 12.6. The van der Waals surface area contributed by atoms with Gasteiger partial charge in [-0.1, -0.05) is 28.1 Å². The molecule has 1 atom stereocenters. The molecule has 0 radical (unpaired) electrons. The van der Waals surface area contributed by atoms with E-state index < -0.39 is 0 Å². The zero-order valence-electron chi connectivity index (χ0n) is 15.3. The highest BCUT2D eigenvalue weighted by Crippen LogP contribution is 2.48. The topological polar surface area (TPSA) is 67.1 Å². The van der Waals surface area contributed by atoms with E-state index in [9.17, 15) is 0 Å². The molecule has 138 valence electrons. The van der Waals surface area contributed by atoms with Crippen molar-refractivity contribution >= 4 is 21.9 Å². The Bertz CT molecular complexity index is 823. The van der Waals surface area contributed by atoms with Crippen molar-refractivity contribution in [1.29, 1.82) is 0 Å². The van der Waals surface area contributed by atoms with Gasteiger partial charge in [0.1, 0.15) is 11.6 Å². The maximum absolute atomic E-state index is 4.60. The number of benzene rings is 1. The molecule has 2 heterocycles. The molecule has 4 rings (SSSR count). The van der Waals surface area contributed by atoms with Gasteiger partial charge in [0.15, 0.2) is 5.96 Å². The van der Waals surface area contributed by atoms with Crippen molar-refractivity contribution < 1.29 is 0 Å². The predicted octanol–water partition coefficient (Wildman–Crippen LogP) is 3.08. The molecule has 1 aromatic heterocycles. The van der Waals surface area contributed by atoms with Crippen molar-refractivity contribution in [3.05, 3.63) is 46.0 Å². The summed E-state index contributed by atoms with van der Waals surface area (Å²) in [6, 6.07) is 8.81. The quantitative estimate of drug-likeness (QED) is 0.593. The molecule has 7 heteroatoms. The van der Waals surface area contributed by atoms with Crippen LogP contribution in [-0.4, -0.2) is 34.3 Å². The molecule has 1 aromatic carbocycles. The minimum absolute atomic E-state index is 0.164. The number of hydrogen-bond acceptors (Lipinski definition) is 3. The van der Waals surface area contributed by atoms with Crippen LogP contribution in [-0.2, 0) is 12.0 Å². The summed E-state index contributed by atoms with van der Waals surface area (Å²) in [6.45, 7) is 3.79. The van der Waals surface area contributed by atoms with Crippen LogP contribution in [0.1, 0.15) is 48.9 Å². The van der Waals surface area contributed by atoms with E-state index in [-0.39, 0.29) is 11.5 Å². The highest BCUT2D eigenvalue weighted by Gasteiger charge is 2.44. The van der Waals surface area contributed by atoms with E-state index in [0.717, 1.165) is 48.0 Å². The third kappa shape index (κ3) is 3.49. The Labute approximate surface area is 162 Å². The molecule has 1 unspecified atom stereocenters. The first-order valence-electron chi connectivity index (χ1n) is 9.24. The van der Waals surface area contributed by atoms with Crippen LogP contribution in [0.4, 0.5) is 0 Å². The molecule has 0 bridgehead atoms. The molecule has 26 heavy (non-hydrogen) atoms. The average Bonchev–Trinajstić information content (AvgIpc) is 3.33. The van der Waals surface area contributed by atoms with Gasteiger partial charge >= 0.3 is 0 Å². The van der Waals surface area contributed by atoms with Crippen LogP contribution < -0.4 is 10.6 Å². The number of fused-ring (bicyclic) bond motifs is 1. The van der Waals surface area contributed by atoms with Crippen LogP contribution in [0, 0.1) is 6.92 Å². The monoisotopic (exact) mass is 416 g/mol. The van der Waals surface area contributed by atoms with Crippen LogP contribution in [0.15, 0.2) is 33.7 Å². The summed E-state index contributed by atoms with van der Waals surface area (Å²) in [5.41, 5.74) is 1.62. The lowest BCUT2D eigenvalue weighted by molar-refractivity contribution is 0.397. The molecule has 0 amide bonds. The molecule has 6 nitrogen and oxygen atoms in total. The number of halogens is 1. The Kier molecular flexibility index (Phi) is 4.73. The number of rotatable bonds is 4. The van der Waals surface area contributed by atoms with Gasteiger partial charge in [-0.2, -0.15) is 5.10 Å². The minimum atomic E-state index is 0.164. The Morgan fingerprint density at radius 2 is 2.27 bits per heavy atom. The molecule has 1 aliphatic heterocycles. The smallest absolute Gasteiger partial charge is 0.191 e. The molecule has 2 aliphatic rings. The van der Waals surface area contributed by atoms with Crippen molar-refractivity contribution in [2.24, 2.45) is 4.99 Å². The van der Waals surface area contributed by atoms with Crippen LogP contribution in [0.25, 0.3) is 0 Å². The van der Waals surface area contributed by atoms with Crippen LogP contribution in [0.3, 0.4) is 0 Å². The maximum atomic E-state index is 4.60. The largest absolute Gasteiger partial charge is 0.356 e. The van der Waals surface area contributed by atoms with E-state index in [1.54, 1.807) is 0 Å². The summed E-state index contributed by atoms with van der Waals surface area (Å²) < 4.78 is 3.16. The second kappa shape index (κ2) is 7.02. The maximum Gasteiger partial charge on any atom is 0.191 e. The molecule has 0 spiro atoms. The van der Waals surface area contributed by atoms with Crippen LogP contribution in [0.2, 0.25) is 0 Å². The Hall–Kier alpha value is -1.89. The Morgan fingerprint density at radius 1 is 1.42 bits per heavy atom. The molecule has 1 fully saturated rings. The summed E-state index contributed by atoms with van der Waals surface area (Å²) in [7, 11) is 1.83. The zero-order chi connectivity index (χ0) is 18.1. The number of nitrogens with one attached hydrogen (secondary N) is 2. The lowest BCUT2D eigenvalue weighted by atomic mass is 9.96. The predicted molar refractivity (Wildman–Crippen MR) is 106 cm³/mol. The first-order valence-corrected chi connectivity index (χ1v) is 10.0. The van der Waals surface area contributed by atoms with E-state index >= 15 is 0 Å². The number of hydrogen-bond donors (Lipinski definition) is 2. The fourth-order valence-corrected chi connectivity index (χ4v) is 4.15.